The fourth-order valence-electron chi connectivity index (χ4n) is 2.94. The quantitative estimate of drug-likeness (QED) is 0.534. The van der Waals surface area contributed by atoms with Crippen LogP contribution in [0.25, 0.3) is 0 Å². The number of aryl methyl sites for hydroxylation is 1. The Balaban J connectivity index is 0.00000242. The molecule has 0 aromatic heterocycles. The van der Waals surface area contributed by atoms with Gasteiger partial charge in [0, 0.05) is 32.2 Å². The number of carbonyl (C=O) groups is 1. The molecule has 1 heterocycles. The molecule has 1 aromatic carbocycles. The third-order valence-electron chi connectivity index (χ3n) is 4.31. The van der Waals surface area contributed by atoms with E-state index in [1.54, 1.807) is 11.8 Å². The Labute approximate surface area is 136 Å². The van der Waals surface area contributed by atoms with Gasteiger partial charge in [0.05, 0.1) is 0 Å². The molecule has 0 bridgehead atoms. The predicted octanol–water partition coefficient (Wildman–Crippen LogP) is 3.55. The van der Waals surface area contributed by atoms with Gasteiger partial charge in [-0.1, -0.05) is 17.7 Å². The molecule has 2 rings (SSSR count). The fraction of sp³-hybridized carbons (Fsp3) is 0.474. The van der Waals surface area contributed by atoms with Crippen LogP contribution in [0.15, 0.2) is 24.3 Å². The first-order chi connectivity index (χ1) is 9.97. The van der Waals surface area contributed by atoms with Crippen molar-refractivity contribution in [3.05, 3.63) is 51.1 Å². The molecule has 0 spiro atoms. The standard InChI is InChI=1S/C18H26N2O.CH3.Cf/c1-14(2)20(16(4)21)13-17-9-11-19(12-10-17)18-7-5-15(3)6-8-18;;/h5-8,14,17H,1-2,9-13H2,3-4H3;1H3;/q-2;-1;. The molecule has 0 unspecified atom stereocenters. The summed E-state index contributed by atoms with van der Waals surface area (Å²) in [5.41, 5.74) is 2.59. The molecule has 134 valence electrons. The summed E-state index contributed by atoms with van der Waals surface area (Å²) in [5.74, 6) is 0.632. The zero-order valence-electron chi connectivity index (χ0n) is 14.5. The molecule has 1 saturated heterocycles. The van der Waals surface area contributed by atoms with E-state index in [0.29, 0.717) is 5.92 Å². The molecule has 1 aromatic rings. The second-order valence-corrected chi connectivity index (χ2v) is 6.09. The summed E-state index contributed by atoms with van der Waals surface area (Å²) in [6.45, 7) is 14.4. The van der Waals surface area contributed by atoms with Crippen molar-refractivity contribution < 1.29 is 4.79 Å². The van der Waals surface area contributed by atoms with Gasteiger partial charge in [0.25, 0.3) is 0 Å². The second kappa shape index (κ2) is 8.82. The summed E-state index contributed by atoms with van der Waals surface area (Å²) in [5, 5.41) is 0. The molecule has 1 aliphatic heterocycles. The van der Waals surface area contributed by atoms with Crippen LogP contribution in [0.2, 0.25) is 0 Å². The maximum Gasteiger partial charge on any atom is 0.214 e. The first kappa shape index (κ1) is 20.5. The number of hydrogen-bond acceptors (Lipinski definition) is 2. The van der Waals surface area contributed by atoms with Gasteiger partial charge in [-0.2, -0.15) is 0 Å². The number of benzene rings is 1. The zero-order chi connectivity index (χ0) is 15.4. The van der Waals surface area contributed by atoms with Gasteiger partial charge in [-0.15, -0.1) is 0 Å². The average Bonchev–Trinajstić information content (AvgIpc) is 2.45. The van der Waals surface area contributed by atoms with E-state index >= 15 is 0 Å². The zero-order valence-corrected chi connectivity index (χ0v) is 17.2. The van der Waals surface area contributed by atoms with E-state index in [1.807, 2.05) is 0 Å². The molecule has 0 N–H and O–H groups in total. The normalized spacial score (nSPS) is 14.9. The van der Waals surface area contributed by atoms with Crippen molar-refractivity contribution in [3.8, 4) is 0 Å². The third kappa shape index (κ3) is 5.32. The van der Waals surface area contributed by atoms with E-state index in [4.69, 9.17) is 0 Å². The SMILES string of the molecule is [CH2-]C([CH2-])N(CC1CCN(c2ccc(C)cc2)CC1)C(C)=O.[CH3-].[Cf]. The Bertz CT molecular complexity index is 465. The molecular weight excluding hydrogens is 523 g/mol. The Kier molecular flexibility index (Phi) is 7.86. The monoisotopic (exact) mass is 550 g/mol. The van der Waals surface area contributed by atoms with Crippen LogP contribution in [-0.2, 0) is 4.79 Å². The van der Waals surface area contributed by atoms with Gasteiger partial charge < -0.3 is 31.1 Å². The number of anilines is 1. The molecule has 3 nitrogen and oxygen atoms in total. The number of piperidine rings is 1. The Morgan fingerprint density at radius 1 is 1.26 bits per heavy atom. The number of carbonyl (C=O) groups excluding carboxylic acids is 1. The van der Waals surface area contributed by atoms with Gasteiger partial charge in [0.1, 0.15) is 0 Å². The predicted molar refractivity (Wildman–Crippen MR) is 94.4 cm³/mol. The van der Waals surface area contributed by atoms with Crippen molar-refractivity contribution in [2.45, 2.75) is 32.7 Å². The minimum absolute atomic E-state index is 0. The van der Waals surface area contributed by atoms with Crippen LogP contribution in [0.4, 0.5) is 5.69 Å². The van der Waals surface area contributed by atoms with Gasteiger partial charge in [-0.05, 0) is 37.8 Å². The van der Waals surface area contributed by atoms with Crippen LogP contribution in [0.5, 0.6) is 0 Å². The summed E-state index contributed by atoms with van der Waals surface area (Å²) in [4.78, 5) is 15.8. The van der Waals surface area contributed by atoms with Gasteiger partial charge in [-0.25, -0.2) is 6.04 Å². The molecule has 4 heteroatoms. The van der Waals surface area contributed by atoms with Gasteiger partial charge in [0.15, 0.2) is 0 Å². The molecule has 0 atom stereocenters. The van der Waals surface area contributed by atoms with Crippen molar-refractivity contribution in [1.82, 2.24) is 4.90 Å². The van der Waals surface area contributed by atoms with Gasteiger partial charge in [-0.3, -0.25) is 4.79 Å². The van der Waals surface area contributed by atoms with Crippen molar-refractivity contribution in [2.75, 3.05) is 24.5 Å². The number of nitrogens with zero attached hydrogens (tertiary/aromatic N) is 2. The molecule has 0 radical (unpaired) electrons. The smallest absolute Gasteiger partial charge is 0.214 e. The minimum atomic E-state index is -0.197. The minimum Gasteiger partial charge on any atom is -0.398 e. The van der Waals surface area contributed by atoms with Crippen LogP contribution < -0.4 is 4.90 Å². The molecule has 1 aliphatic rings. The van der Waals surface area contributed by atoms with Crippen LogP contribution in [0.1, 0.15) is 25.3 Å². The van der Waals surface area contributed by atoms with Crippen LogP contribution in [0, 0.1) is 34.1 Å². The number of amides is 1. The van der Waals surface area contributed by atoms with E-state index < -0.39 is 0 Å². The number of hydrogen-bond donors (Lipinski definition) is 0. The van der Waals surface area contributed by atoms with Crippen LogP contribution in [0.3, 0.4) is 0 Å². The van der Waals surface area contributed by atoms with Crippen molar-refractivity contribution in [1.29, 1.82) is 0 Å². The molecule has 1 fully saturated rings. The van der Waals surface area contributed by atoms with E-state index in [9.17, 15) is 4.79 Å². The molecule has 23 heavy (non-hydrogen) atoms. The first-order valence-corrected chi connectivity index (χ1v) is 7.72. The van der Waals surface area contributed by atoms with Crippen LogP contribution in [-0.4, -0.2) is 36.5 Å². The van der Waals surface area contributed by atoms with E-state index in [1.165, 1.54) is 11.3 Å². The topological polar surface area (TPSA) is 23.6 Å². The number of rotatable bonds is 4. The Morgan fingerprint density at radius 2 is 1.78 bits per heavy atom. The summed E-state index contributed by atoms with van der Waals surface area (Å²) >= 11 is 0. The molecular formula is C19H29CfN2O-3. The maximum atomic E-state index is 11.6. The van der Waals surface area contributed by atoms with Crippen molar-refractivity contribution in [3.63, 3.8) is 0 Å². The second-order valence-electron chi connectivity index (χ2n) is 6.09. The third-order valence-corrected chi connectivity index (χ3v) is 4.31. The fourth-order valence-corrected chi connectivity index (χ4v) is 2.94. The largest absolute Gasteiger partial charge is 0.398 e. The molecule has 1 amide bonds. The summed E-state index contributed by atoms with van der Waals surface area (Å²) in [6, 6.07) is 8.51. The van der Waals surface area contributed by atoms with Crippen LogP contribution >= 0.6 is 0 Å². The first-order valence-electron chi connectivity index (χ1n) is 7.72. The van der Waals surface area contributed by atoms with E-state index in [2.05, 4.69) is 49.9 Å². The Morgan fingerprint density at radius 3 is 2.22 bits per heavy atom. The Hall–Kier alpha value is -2.51. The molecule has 0 saturated carbocycles. The van der Waals surface area contributed by atoms with Crippen molar-refractivity contribution in [2.24, 2.45) is 5.92 Å². The molecule has 0 aliphatic carbocycles. The van der Waals surface area contributed by atoms with E-state index in [-0.39, 0.29) is 19.4 Å². The summed E-state index contributed by atoms with van der Waals surface area (Å²) < 4.78 is 0. The van der Waals surface area contributed by atoms with E-state index in [0.717, 1.165) is 32.5 Å². The maximum absolute atomic E-state index is 11.6. The summed E-state index contributed by atoms with van der Waals surface area (Å²) in [6.07, 6.45) is 2.23. The average molecular weight is 552 g/mol. The van der Waals surface area contributed by atoms with Gasteiger partial charge in [0.2, 0.25) is 5.91 Å². The van der Waals surface area contributed by atoms with Crippen molar-refractivity contribution >= 4 is 11.6 Å². The van der Waals surface area contributed by atoms with Gasteiger partial charge >= 0.3 is 0 Å². The summed E-state index contributed by atoms with van der Waals surface area (Å²) in [7, 11) is 0.